The van der Waals surface area contributed by atoms with Gasteiger partial charge in [0.1, 0.15) is 0 Å². The molecule has 1 amide bonds. The molecule has 0 aromatic heterocycles. The number of benzene rings is 2. The Morgan fingerprint density at radius 1 is 1.04 bits per heavy atom. The van der Waals surface area contributed by atoms with Gasteiger partial charge in [-0.15, -0.1) is 0 Å². The van der Waals surface area contributed by atoms with E-state index in [4.69, 9.17) is 9.47 Å². The second kappa shape index (κ2) is 8.75. The molecular weight excluding hydrogens is 356 g/mol. The minimum Gasteiger partial charge on any atom is -0.454 e. The Bertz CT molecular complexity index is 833. The molecule has 2 aliphatic heterocycles. The molecule has 2 aromatic carbocycles. The highest BCUT2D eigenvalue weighted by Gasteiger charge is 2.17. The van der Waals surface area contributed by atoms with Crippen molar-refractivity contribution in [3.8, 4) is 11.5 Å². The van der Waals surface area contributed by atoms with Gasteiger partial charge in [0.15, 0.2) is 11.5 Å². The van der Waals surface area contributed by atoms with E-state index in [0.29, 0.717) is 12.2 Å². The van der Waals surface area contributed by atoms with Gasteiger partial charge in [0.05, 0.1) is 6.21 Å². The number of hydrazone groups is 1. The molecule has 146 valence electrons. The van der Waals surface area contributed by atoms with Crippen molar-refractivity contribution in [3.63, 3.8) is 0 Å². The first-order valence-electron chi connectivity index (χ1n) is 9.52. The highest BCUT2D eigenvalue weighted by atomic mass is 16.7. The maximum absolute atomic E-state index is 12.0. The van der Waals surface area contributed by atoms with Crippen LogP contribution in [0.3, 0.4) is 0 Å². The predicted molar refractivity (Wildman–Crippen MR) is 108 cm³/mol. The van der Waals surface area contributed by atoms with Crippen molar-refractivity contribution in [1.29, 1.82) is 0 Å². The lowest BCUT2D eigenvalue weighted by Crippen LogP contribution is -2.47. The number of anilines is 1. The van der Waals surface area contributed by atoms with Gasteiger partial charge in [-0.1, -0.05) is 18.2 Å². The summed E-state index contributed by atoms with van der Waals surface area (Å²) in [4.78, 5) is 16.7. The zero-order chi connectivity index (χ0) is 19.2. The largest absolute Gasteiger partial charge is 0.454 e. The van der Waals surface area contributed by atoms with Crippen molar-refractivity contribution in [2.75, 3.05) is 44.4 Å². The first kappa shape index (κ1) is 18.3. The topological polar surface area (TPSA) is 66.4 Å². The quantitative estimate of drug-likeness (QED) is 0.614. The molecule has 0 atom stereocenters. The highest BCUT2D eigenvalue weighted by molar-refractivity contribution is 5.83. The monoisotopic (exact) mass is 380 g/mol. The Labute approximate surface area is 164 Å². The minimum absolute atomic E-state index is 0.0810. The molecule has 1 fully saturated rings. The lowest BCUT2D eigenvalue weighted by atomic mass is 10.2. The molecule has 2 aromatic rings. The molecule has 1 saturated heterocycles. The number of amides is 1. The van der Waals surface area contributed by atoms with Crippen LogP contribution in [-0.4, -0.2) is 56.5 Å². The third-order valence-electron chi connectivity index (χ3n) is 4.95. The first-order chi connectivity index (χ1) is 13.8. The maximum atomic E-state index is 12.0. The first-order valence-corrected chi connectivity index (χ1v) is 9.52. The highest BCUT2D eigenvalue weighted by Crippen LogP contribution is 2.31. The van der Waals surface area contributed by atoms with Gasteiger partial charge in [0.25, 0.3) is 0 Å². The number of ether oxygens (including phenoxy) is 2. The van der Waals surface area contributed by atoms with E-state index in [1.54, 1.807) is 6.21 Å². The number of nitrogens with zero attached hydrogens (tertiary/aromatic N) is 3. The van der Waals surface area contributed by atoms with E-state index in [0.717, 1.165) is 44.0 Å². The summed E-state index contributed by atoms with van der Waals surface area (Å²) >= 11 is 0. The molecule has 0 aliphatic carbocycles. The Kier molecular flexibility index (Phi) is 5.72. The fourth-order valence-electron chi connectivity index (χ4n) is 3.36. The van der Waals surface area contributed by atoms with Crippen molar-refractivity contribution in [2.24, 2.45) is 5.10 Å². The third-order valence-corrected chi connectivity index (χ3v) is 4.95. The molecule has 0 spiro atoms. The SMILES string of the molecule is O=C(CCN1CCN(c2ccccc2)CC1)N/N=C/c1ccc2c(c1)OCO2. The molecule has 0 unspecified atom stereocenters. The normalized spacial score (nSPS) is 16.5. The second-order valence-electron chi connectivity index (χ2n) is 6.82. The van der Waals surface area contributed by atoms with Crippen molar-refractivity contribution >= 4 is 17.8 Å². The number of nitrogens with one attached hydrogen (secondary N) is 1. The number of piperazine rings is 1. The number of fused-ring (bicyclic) bond motifs is 1. The van der Waals surface area contributed by atoms with Crippen molar-refractivity contribution in [2.45, 2.75) is 6.42 Å². The molecule has 28 heavy (non-hydrogen) atoms. The maximum Gasteiger partial charge on any atom is 0.241 e. The van der Waals surface area contributed by atoms with Gasteiger partial charge in [0, 0.05) is 44.8 Å². The summed E-state index contributed by atoms with van der Waals surface area (Å²) in [6.45, 7) is 4.87. The Morgan fingerprint density at radius 2 is 1.82 bits per heavy atom. The molecule has 0 bridgehead atoms. The molecule has 7 heteroatoms. The van der Waals surface area contributed by atoms with Crippen LogP contribution < -0.4 is 19.8 Å². The van der Waals surface area contributed by atoms with Crippen LogP contribution >= 0.6 is 0 Å². The zero-order valence-corrected chi connectivity index (χ0v) is 15.7. The van der Waals surface area contributed by atoms with Gasteiger partial charge in [-0.3, -0.25) is 9.69 Å². The van der Waals surface area contributed by atoms with E-state index < -0.39 is 0 Å². The van der Waals surface area contributed by atoms with Crippen LogP contribution in [0.5, 0.6) is 11.5 Å². The minimum atomic E-state index is -0.0810. The molecule has 7 nitrogen and oxygen atoms in total. The number of carbonyl (C=O) groups excluding carboxylic acids is 1. The van der Waals surface area contributed by atoms with Gasteiger partial charge < -0.3 is 14.4 Å². The summed E-state index contributed by atoms with van der Waals surface area (Å²) < 4.78 is 10.6. The summed E-state index contributed by atoms with van der Waals surface area (Å²) in [5.41, 5.74) is 4.70. The van der Waals surface area contributed by atoms with Crippen LogP contribution in [0.1, 0.15) is 12.0 Å². The molecule has 2 heterocycles. The Balaban J connectivity index is 1.17. The summed E-state index contributed by atoms with van der Waals surface area (Å²) in [7, 11) is 0. The molecular formula is C21H24N4O3. The van der Waals surface area contributed by atoms with Gasteiger partial charge in [0.2, 0.25) is 12.7 Å². The van der Waals surface area contributed by atoms with E-state index in [9.17, 15) is 4.79 Å². The number of carbonyl (C=O) groups is 1. The van der Waals surface area contributed by atoms with E-state index in [1.807, 2.05) is 24.3 Å². The van der Waals surface area contributed by atoms with Crippen molar-refractivity contribution < 1.29 is 14.3 Å². The number of rotatable bonds is 6. The predicted octanol–water partition coefficient (Wildman–Crippen LogP) is 2.08. The fraction of sp³-hybridized carbons (Fsp3) is 0.333. The fourth-order valence-corrected chi connectivity index (χ4v) is 3.36. The average Bonchev–Trinajstić information content (AvgIpc) is 3.21. The average molecular weight is 380 g/mol. The standard InChI is InChI=1S/C21H24N4O3/c26-21(23-22-15-17-6-7-19-20(14-17)28-16-27-19)8-9-24-10-12-25(13-11-24)18-4-2-1-3-5-18/h1-7,14-15H,8-13,16H2,(H,23,26)/b22-15+. The van der Waals surface area contributed by atoms with Gasteiger partial charge in [-0.05, 0) is 35.9 Å². The molecule has 4 rings (SSSR count). The molecule has 1 N–H and O–H groups in total. The van der Waals surface area contributed by atoms with Crippen LogP contribution in [-0.2, 0) is 4.79 Å². The van der Waals surface area contributed by atoms with Crippen LogP contribution in [0.4, 0.5) is 5.69 Å². The molecule has 0 radical (unpaired) electrons. The van der Waals surface area contributed by atoms with E-state index in [-0.39, 0.29) is 12.7 Å². The van der Waals surface area contributed by atoms with Gasteiger partial charge >= 0.3 is 0 Å². The second-order valence-corrected chi connectivity index (χ2v) is 6.82. The number of para-hydroxylation sites is 1. The Hall–Kier alpha value is -3.06. The summed E-state index contributed by atoms with van der Waals surface area (Å²) in [5, 5.41) is 4.03. The third kappa shape index (κ3) is 4.61. The lowest BCUT2D eigenvalue weighted by molar-refractivity contribution is -0.121. The summed E-state index contributed by atoms with van der Waals surface area (Å²) in [6, 6.07) is 16.0. The van der Waals surface area contributed by atoms with E-state index >= 15 is 0 Å². The Morgan fingerprint density at radius 3 is 2.64 bits per heavy atom. The van der Waals surface area contributed by atoms with Crippen LogP contribution in [0.15, 0.2) is 53.6 Å². The number of hydrogen-bond donors (Lipinski definition) is 1. The molecule has 0 saturated carbocycles. The zero-order valence-electron chi connectivity index (χ0n) is 15.7. The van der Waals surface area contributed by atoms with Crippen molar-refractivity contribution in [1.82, 2.24) is 10.3 Å². The van der Waals surface area contributed by atoms with Crippen molar-refractivity contribution in [3.05, 3.63) is 54.1 Å². The van der Waals surface area contributed by atoms with Crippen LogP contribution in [0.25, 0.3) is 0 Å². The van der Waals surface area contributed by atoms with E-state index in [1.165, 1.54) is 5.69 Å². The van der Waals surface area contributed by atoms with Gasteiger partial charge in [-0.2, -0.15) is 5.10 Å². The lowest BCUT2D eigenvalue weighted by Gasteiger charge is -2.36. The van der Waals surface area contributed by atoms with Crippen LogP contribution in [0.2, 0.25) is 0 Å². The van der Waals surface area contributed by atoms with E-state index in [2.05, 4.69) is 44.6 Å². The summed E-state index contributed by atoms with van der Waals surface area (Å²) in [5.74, 6) is 1.35. The number of hydrogen-bond acceptors (Lipinski definition) is 6. The van der Waals surface area contributed by atoms with Crippen LogP contribution in [0, 0.1) is 0 Å². The van der Waals surface area contributed by atoms with Gasteiger partial charge in [-0.25, -0.2) is 5.43 Å². The smallest absolute Gasteiger partial charge is 0.241 e. The summed E-state index contributed by atoms with van der Waals surface area (Å²) in [6.07, 6.45) is 2.04. The molecule has 2 aliphatic rings.